The molecule has 0 aliphatic heterocycles. The maximum atomic E-state index is 12.8. The molecule has 0 heterocycles. The van der Waals surface area contributed by atoms with Crippen molar-refractivity contribution in [3.63, 3.8) is 0 Å². The Kier molecular flexibility index (Phi) is 5.81. The quantitative estimate of drug-likeness (QED) is 0.772. The Labute approximate surface area is 139 Å². The molecule has 0 aliphatic carbocycles. The number of benzene rings is 2. The first-order valence-electron chi connectivity index (χ1n) is 6.64. The second-order valence-electron chi connectivity index (χ2n) is 4.50. The van der Waals surface area contributed by atoms with Crippen molar-refractivity contribution in [2.75, 3.05) is 20.3 Å². The van der Waals surface area contributed by atoms with Gasteiger partial charge in [-0.1, -0.05) is 11.6 Å². The first kappa shape index (κ1) is 17.5. The topological polar surface area (TPSA) is 64.6 Å². The van der Waals surface area contributed by atoms with E-state index in [2.05, 4.69) is 4.72 Å². The molecule has 2 aromatic carbocycles. The summed E-state index contributed by atoms with van der Waals surface area (Å²) >= 11 is 5.83. The number of ether oxygens (including phenoxy) is 2. The molecule has 0 radical (unpaired) electrons. The number of hydrogen-bond acceptors (Lipinski definition) is 4. The lowest BCUT2D eigenvalue weighted by atomic mass is 10.3. The van der Waals surface area contributed by atoms with Crippen LogP contribution in [0.25, 0.3) is 0 Å². The molecule has 0 aromatic heterocycles. The van der Waals surface area contributed by atoms with Crippen LogP contribution in [0.15, 0.2) is 47.4 Å². The largest absolute Gasteiger partial charge is 0.495 e. The van der Waals surface area contributed by atoms with E-state index in [1.165, 1.54) is 49.6 Å². The molecule has 0 saturated heterocycles. The Morgan fingerprint density at radius 3 is 2.52 bits per heavy atom. The van der Waals surface area contributed by atoms with E-state index in [1.807, 2.05) is 0 Å². The van der Waals surface area contributed by atoms with Gasteiger partial charge in [0.15, 0.2) is 0 Å². The third-order valence-corrected chi connectivity index (χ3v) is 4.61. The standard InChI is InChI=1S/C15H15ClFNO4S/c1-21-14-7-2-11(16)10-15(14)23(19,20)18-8-9-22-13-5-3-12(17)4-6-13/h2-7,10,18H,8-9H2,1H3. The summed E-state index contributed by atoms with van der Waals surface area (Å²) in [5.74, 6) is 0.276. The van der Waals surface area contributed by atoms with Crippen LogP contribution in [-0.4, -0.2) is 28.7 Å². The van der Waals surface area contributed by atoms with Gasteiger partial charge in [0, 0.05) is 11.6 Å². The Morgan fingerprint density at radius 1 is 1.17 bits per heavy atom. The minimum absolute atomic E-state index is 0.0371. The monoisotopic (exact) mass is 359 g/mol. The van der Waals surface area contributed by atoms with Crippen molar-refractivity contribution in [1.29, 1.82) is 0 Å². The fourth-order valence-corrected chi connectivity index (χ4v) is 3.26. The Balaban J connectivity index is 1.96. The van der Waals surface area contributed by atoms with Gasteiger partial charge in [-0.05, 0) is 42.5 Å². The van der Waals surface area contributed by atoms with Crippen LogP contribution < -0.4 is 14.2 Å². The van der Waals surface area contributed by atoms with Crippen molar-refractivity contribution in [2.24, 2.45) is 0 Å². The van der Waals surface area contributed by atoms with Crippen LogP contribution in [0.1, 0.15) is 0 Å². The van der Waals surface area contributed by atoms with Crippen molar-refractivity contribution in [2.45, 2.75) is 4.90 Å². The molecule has 0 fully saturated rings. The molecule has 0 unspecified atom stereocenters. The van der Waals surface area contributed by atoms with Crippen LogP contribution in [0.5, 0.6) is 11.5 Å². The molecule has 8 heteroatoms. The van der Waals surface area contributed by atoms with Crippen molar-refractivity contribution in [1.82, 2.24) is 4.72 Å². The van der Waals surface area contributed by atoms with Crippen LogP contribution in [0.4, 0.5) is 4.39 Å². The van der Waals surface area contributed by atoms with Crippen LogP contribution in [-0.2, 0) is 10.0 Å². The van der Waals surface area contributed by atoms with Gasteiger partial charge >= 0.3 is 0 Å². The molecule has 0 atom stereocenters. The van der Waals surface area contributed by atoms with E-state index in [4.69, 9.17) is 21.1 Å². The number of sulfonamides is 1. The normalized spacial score (nSPS) is 11.3. The van der Waals surface area contributed by atoms with Crippen molar-refractivity contribution in [3.8, 4) is 11.5 Å². The second kappa shape index (κ2) is 7.63. The average molecular weight is 360 g/mol. The SMILES string of the molecule is COc1ccc(Cl)cc1S(=O)(=O)NCCOc1ccc(F)cc1. The van der Waals surface area contributed by atoms with Crippen molar-refractivity contribution >= 4 is 21.6 Å². The molecule has 0 amide bonds. The number of rotatable bonds is 7. The van der Waals surface area contributed by atoms with Crippen LogP contribution in [0, 0.1) is 5.82 Å². The van der Waals surface area contributed by atoms with Gasteiger partial charge in [0.05, 0.1) is 7.11 Å². The predicted octanol–water partition coefficient (Wildman–Crippen LogP) is 2.85. The van der Waals surface area contributed by atoms with Crippen LogP contribution >= 0.6 is 11.6 Å². The molecule has 0 aliphatic rings. The molecule has 2 rings (SSSR count). The van der Waals surface area contributed by atoms with Crippen molar-refractivity contribution < 1.29 is 22.3 Å². The summed E-state index contributed by atoms with van der Waals surface area (Å²) in [6, 6.07) is 9.77. The summed E-state index contributed by atoms with van der Waals surface area (Å²) in [6.45, 7) is 0.128. The summed E-state index contributed by atoms with van der Waals surface area (Å²) < 4.78 is 50.0. The molecule has 0 spiro atoms. The molecule has 23 heavy (non-hydrogen) atoms. The zero-order chi connectivity index (χ0) is 16.9. The third kappa shape index (κ3) is 4.82. The van der Waals surface area contributed by atoms with Gasteiger partial charge in [-0.15, -0.1) is 0 Å². The smallest absolute Gasteiger partial charge is 0.244 e. The number of hydrogen-bond donors (Lipinski definition) is 1. The fourth-order valence-electron chi connectivity index (χ4n) is 1.81. The molecule has 2 aromatic rings. The third-order valence-electron chi connectivity index (χ3n) is 2.89. The highest BCUT2D eigenvalue weighted by atomic mass is 35.5. The highest BCUT2D eigenvalue weighted by Gasteiger charge is 2.19. The van der Waals surface area contributed by atoms with Crippen LogP contribution in [0.2, 0.25) is 5.02 Å². The molecular formula is C15H15ClFNO4S. The number of halogens is 2. The Bertz CT molecular complexity index is 766. The summed E-state index contributed by atoms with van der Waals surface area (Å²) in [5.41, 5.74) is 0. The van der Waals surface area contributed by atoms with E-state index >= 15 is 0 Å². The second-order valence-corrected chi connectivity index (χ2v) is 6.67. The van der Waals surface area contributed by atoms with Crippen LogP contribution in [0.3, 0.4) is 0 Å². The van der Waals surface area contributed by atoms with E-state index in [1.54, 1.807) is 0 Å². The minimum Gasteiger partial charge on any atom is -0.495 e. The van der Waals surface area contributed by atoms with Gasteiger partial charge in [-0.25, -0.2) is 17.5 Å². The number of methoxy groups -OCH3 is 1. The zero-order valence-corrected chi connectivity index (χ0v) is 13.8. The Hall–Kier alpha value is -1.83. The molecule has 0 saturated carbocycles. The van der Waals surface area contributed by atoms with Gasteiger partial charge in [0.25, 0.3) is 0 Å². The minimum atomic E-state index is -3.79. The lowest BCUT2D eigenvalue weighted by Gasteiger charge is -2.11. The molecule has 1 N–H and O–H groups in total. The van der Waals surface area contributed by atoms with E-state index < -0.39 is 10.0 Å². The zero-order valence-electron chi connectivity index (χ0n) is 12.3. The highest BCUT2D eigenvalue weighted by molar-refractivity contribution is 7.89. The van der Waals surface area contributed by atoms with Gasteiger partial charge in [-0.3, -0.25) is 0 Å². The van der Waals surface area contributed by atoms with Crippen molar-refractivity contribution in [3.05, 3.63) is 53.3 Å². The maximum absolute atomic E-state index is 12.8. The molecular weight excluding hydrogens is 345 g/mol. The molecule has 124 valence electrons. The lowest BCUT2D eigenvalue weighted by Crippen LogP contribution is -2.28. The van der Waals surface area contributed by atoms with Gasteiger partial charge in [0.2, 0.25) is 10.0 Å². The fraction of sp³-hybridized carbons (Fsp3) is 0.200. The molecule has 5 nitrogen and oxygen atoms in total. The van der Waals surface area contributed by atoms with E-state index in [0.717, 1.165) is 0 Å². The van der Waals surface area contributed by atoms with Gasteiger partial charge in [0.1, 0.15) is 28.8 Å². The summed E-state index contributed by atoms with van der Waals surface area (Å²) in [7, 11) is -2.41. The highest BCUT2D eigenvalue weighted by Crippen LogP contribution is 2.26. The van der Waals surface area contributed by atoms with Gasteiger partial charge in [-0.2, -0.15) is 0 Å². The predicted molar refractivity (Wildman–Crippen MR) is 85.1 cm³/mol. The number of nitrogens with one attached hydrogen (secondary N) is 1. The molecule has 0 bridgehead atoms. The maximum Gasteiger partial charge on any atom is 0.244 e. The first-order chi connectivity index (χ1) is 10.9. The Morgan fingerprint density at radius 2 is 1.87 bits per heavy atom. The van der Waals surface area contributed by atoms with E-state index in [0.29, 0.717) is 5.75 Å². The summed E-state index contributed by atoms with van der Waals surface area (Å²) in [4.78, 5) is -0.0470. The summed E-state index contributed by atoms with van der Waals surface area (Å²) in [6.07, 6.45) is 0. The average Bonchev–Trinajstić information content (AvgIpc) is 2.53. The summed E-state index contributed by atoms with van der Waals surface area (Å²) in [5, 5.41) is 0.286. The first-order valence-corrected chi connectivity index (χ1v) is 8.50. The van der Waals surface area contributed by atoms with Gasteiger partial charge < -0.3 is 9.47 Å². The van der Waals surface area contributed by atoms with E-state index in [9.17, 15) is 12.8 Å². The van der Waals surface area contributed by atoms with E-state index in [-0.39, 0.29) is 34.6 Å². The lowest BCUT2D eigenvalue weighted by molar-refractivity contribution is 0.322.